The topological polar surface area (TPSA) is 163 Å². The summed E-state index contributed by atoms with van der Waals surface area (Å²) in [5.74, 6) is -3.63. The van der Waals surface area contributed by atoms with Crippen LogP contribution in [-0.4, -0.2) is 81.5 Å². The molecule has 1 aliphatic rings. The lowest BCUT2D eigenvalue weighted by atomic mass is 9.89. The third-order valence-electron chi connectivity index (χ3n) is 3.06. The van der Waals surface area contributed by atoms with Gasteiger partial charge in [-0.25, -0.2) is 4.79 Å². The van der Waals surface area contributed by atoms with Gasteiger partial charge in [0.2, 0.25) is 0 Å². The quantitative estimate of drug-likeness (QED) is 0.282. The van der Waals surface area contributed by atoms with Crippen LogP contribution < -0.4 is 5.73 Å². The number of esters is 1. The smallest absolute Gasteiger partial charge is 0.366 e. The van der Waals surface area contributed by atoms with Gasteiger partial charge in [0.25, 0.3) is 5.79 Å². The van der Waals surface area contributed by atoms with E-state index < -0.39 is 55.2 Å². The van der Waals surface area contributed by atoms with Gasteiger partial charge in [-0.05, 0) is 0 Å². The molecule has 0 amide bonds. The van der Waals surface area contributed by atoms with Crippen molar-refractivity contribution in [1.29, 1.82) is 0 Å². The molecule has 9 nitrogen and oxygen atoms in total. The van der Waals surface area contributed by atoms with Crippen molar-refractivity contribution in [2.75, 3.05) is 13.7 Å². The van der Waals surface area contributed by atoms with Gasteiger partial charge in [0.15, 0.2) is 0 Å². The minimum atomic E-state index is -2.47. The van der Waals surface area contributed by atoms with E-state index in [-0.39, 0.29) is 0 Å². The van der Waals surface area contributed by atoms with Crippen LogP contribution >= 0.6 is 0 Å². The summed E-state index contributed by atoms with van der Waals surface area (Å²) in [6.45, 7) is -0.777. The number of hydrogen-bond donors (Lipinski definition) is 6. The maximum absolute atomic E-state index is 11.4. The number of methoxy groups -OCH3 is 1. The molecule has 1 saturated heterocycles. The van der Waals surface area contributed by atoms with Crippen molar-refractivity contribution in [2.45, 2.75) is 42.7 Å². The molecule has 3 unspecified atom stereocenters. The predicted molar refractivity (Wildman–Crippen MR) is 59.5 cm³/mol. The maximum atomic E-state index is 11.4. The molecule has 1 fully saturated rings. The Labute approximate surface area is 109 Å². The maximum Gasteiger partial charge on any atom is 0.366 e. The summed E-state index contributed by atoms with van der Waals surface area (Å²) < 4.78 is 9.30. The highest BCUT2D eigenvalue weighted by Gasteiger charge is 2.52. The molecule has 7 N–H and O–H groups in total. The van der Waals surface area contributed by atoms with Gasteiger partial charge in [-0.3, -0.25) is 0 Å². The first kappa shape index (κ1) is 16.2. The molecular formula is C10H19NO8. The molecule has 9 heteroatoms. The molecule has 1 rings (SSSR count). The van der Waals surface area contributed by atoms with Crippen LogP contribution in [0, 0.1) is 0 Å². The highest BCUT2D eigenvalue weighted by molar-refractivity contribution is 5.77. The fourth-order valence-corrected chi connectivity index (χ4v) is 1.91. The molecule has 0 spiro atoms. The molecule has 0 aromatic heterocycles. The lowest BCUT2D eigenvalue weighted by Crippen LogP contribution is -2.65. The Bertz CT molecular complexity index is 327. The Hall–Kier alpha value is -0.810. The Morgan fingerprint density at radius 3 is 2.63 bits per heavy atom. The normalized spacial score (nSPS) is 38.6. The molecule has 6 atom stereocenters. The lowest BCUT2D eigenvalue weighted by molar-refractivity contribution is -0.294. The molecule has 1 aliphatic heterocycles. The Morgan fingerprint density at radius 2 is 2.16 bits per heavy atom. The van der Waals surface area contributed by atoms with Crippen molar-refractivity contribution in [3.05, 3.63) is 0 Å². The molecular weight excluding hydrogens is 262 g/mol. The number of carbonyl (C=O) groups is 1. The largest absolute Gasteiger partial charge is 0.465 e. The number of ether oxygens (including phenoxy) is 2. The number of rotatable bonds is 4. The summed E-state index contributed by atoms with van der Waals surface area (Å²) in [7, 11) is 1.01. The fourth-order valence-electron chi connectivity index (χ4n) is 1.91. The van der Waals surface area contributed by atoms with E-state index >= 15 is 0 Å². The van der Waals surface area contributed by atoms with Gasteiger partial charge in [-0.15, -0.1) is 0 Å². The Morgan fingerprint density at radius 1 is 1.58 bits per heavy atom. The zero-order chi connectivity index (χ0) is 14.8. The third-order valence-corrected chi connectivity index (χ3v) is 3.06. The fraction of sp³-hybridized carbons (Fsp3) is 0.900. The first-order valence-electron chi connectivity index (χ1n) is 5.66. The van der Waals surface area contributed by atoms with E-state index in [0.717, 1.165) is 7.11 Å². The van der Waals surface area contributed by atoms with Crippen LogP contribution in [0.4, 0.5) is 0 Å². The van der Waals surface area contributed by atoms with E-state index in [0.29, 0.717) is 0 Å². The molecule has 0 bridgehead atoms. The standard InChI is InChI=1S/C10H19NO8/c1-18-9(16)10(17)2-4(13)6(11)8(19-10)7(15)5(14)3-12/h4-8,12-15,17H,2-3,11H2,1H3/t4?,5-,6-,7-,8?,10?/m1/s1. The van der Waals surface area contributed by atoms with E-state index in [1.54, 1.807) is 0 Å². The molecule has 112 valence electrons. The van der Waals surface area contributed by atoms with Gasteiger partial charge in [0.1, 0.15) is 18.3 Å². The first-order chi connectivity index (χ1) is 8.76. The summed E-state index contributed by atoms with van der Waals surface area (Å²) in [5.41, 5.74) is 5.59. The van der Waals surface area contributed by atoms with Gasteiger partial charge in [-0.2, -0.15) is 0 Å². The minimum Gasteiger partial charge on any atom is -0.465 e. The number of aliphatic hydroxyl groups is 5. The second-order valence-corrected chi connectivity index (χ2v) is 4.45. The van der Waals surface area contributed by atoms with Crippen LogP contribution in [0.1, 0.15) is 6.42 Å². The van der Waals surface area contributed by atoms with Crippen molar-refractivity contribution in [3.63, 3.8) is 0 Å². The van der Waals surface area contributed by atoms with Crippen molar-refractivity contribution in [3.8, 4) is 0 Å². The number of nitrogens with two attached hydrogens (primary N) is 1. The van der Waals surface area contributed by atoms with E-state index in [4.69, 9.17) is 15.6 Å². The number of hydrogen-bond acceptors (Lipinski definition) is 9. The van der Waals surface area contributed by atoms with Gasteiger partial charge in [-0.1, -0.05) is 0 Å². The lowest BCUT2D eigenvalue weighted by Gasteiger charge is -2.43. The van der Waals surface area contributed by atoms with E-state index in [2.05, 4.69) is 4.74 Å². The molecule has 19 heavy (non-hydrogen) atoms. The second-order valence-electron chi connectivity index (χ2n) is 4.45. The highest BCUT2D eigenvalue weighted by atomic mass is 16.7. The van der Waals surface area contributed by atoms with Gasteiger partial charge in [0, 0.05) is 6.42 Å². The summed E-state index contributed by atoms with van der Waals surface area (Å²) in [6, 6.07) is -1.15. The van der Waals surface area contributed by atoms with Crippen molar-refractivity contribution in [1.82, 2.24) is 0 Å². The first-order valence-corrected chi connectivity index (χ1v) is 5.66. The van der Waals surface area contributed by atoms with Crippen LogP contribution in [0.3, 0.4) is 0 Å². The van der Waals surface area contributed by atoms with Crippen molar-refractivity contribution < 1.29 is 39.8 Å². The highest BCUT2D eigenvalue weighted by Crippen LogP contribution is 2.30. The monoisotopic (exact) mass is 281 g/mol. The van der Waals surface area contributed by atoms with Crippen molar-refractivity contribution in [2.24, 2.45) is 5.73 Å². The predicted octanol–water partition coefficient (Wildman–Crippen LogP) is -3.96. The number of carbonyl (C=O) groups excluding carboxylic acids is 1. The van der Waals surface area contributed by atoms with Crippen LogP contribution in [-0.2, 0) is 14.3 Å². The molecule has 0 saturated carbocycles. The van der Waals surface area contributed by atoms with Gasteiger partial charge in [0.05, 0.1) is 25.9 Å². The Kier molecular flexibility index (Phi) is 5.21. The van der Waals surface area contributed by atoms with Crippen molar-refractivity contribution >= 4 is 5.97 Å². The van der Waals surface area contributed by atoms with Crippen LogP contribution in [0.15, 0.2) is 0 Å². The average molecular weight is 281 g/mol. The molecule has 0 radical (unpaired) electrons. The summed E-state index contributed by atoms with van der Waals surface area (Å²) >= 11 is 0. The van der Waals surface area contributed by atoms with E-state index in [1.165, 1.54) is 0 Å². The van der Waals surface area contributed by atoms with Crippen LogP contribution in [0.5, 0.6) is 0 Å². The summed E-state index contributed by atoms with van der Waals surface area (Å²) in [4.78, 5) is 11.4. The molecule has 0 aromatic carbocycles. The molecule has 1 heterocycles. The average Bonchev–Trinajstić information content (AvgIpc) is 2.40. The SMILES string of the molecule is COC(=O)C1(O)CC(O)[C@@H](N)C([C@H](O)[C@H](O)CO)O1. The zero-order valence-electron chi connectivity index (χ0n) is 10.3. The molecule has 0 aliphatic carbocycles. The van der Waals surface area contributed by atoms with Crippen LogP contribution in [0.2, 0.25) is 0 Å². The Balaban J connectivity index is 2.94. The molecule has 0 aromatic rings. The minimum absolute atomic E-state index is 0.528. The zero-order valence-corrected chi connectivity index (χ0v) is 10.3. The van der Waals surface area contributed by atoms with Gasteiger partial charge < -0.3 is 40.7 Å². The summed E-state index contributed by atoms with van der Waals surface area (Å²) in [5, 5.41) is 47.4. The van der Waals surface area contributed by atoms with E-state index in [1.807, 2.05) is 0 Å². The summed E-state index contributed by atoms with van der Waals surface area (Å²) in [6.07, 6.45) is -6.62. The second kappa shape index (κ2) is 6.09. The third kappa shape index (κ3) is 3.20. The van der Waals surface area contributed by atoms with E-state index in [9.17, 15) is 25.2 Å². The number of aliphatic hydroxyl groups excluding tert-OH is 4. The van der Waals surface area contributed by atoms with Crippen LogP contribution in [0.25, 0.3) is 0 Å². The van der Waals surface area contributed by atoms with Gasteiger partial charge >= 0.3 is 5.97 Å².